The van der Waals surface area contributed by atoms with E-state index in [4.69, 9.17) is 9.57 Å². The van der Waals surface area contributed by atoms with E-state index in [0.717, 1.165) is 36.5 Å². The number of carbonyl (C=O) groups excluding carboxylic acids is 1. The van der Waals surface area contributed by atoms with Gasteiger partial charge < -0.3 is 14.9 Å². The molecule has 0 aliphatic carbocycles. The summed E-state index contributed by atoms with van der Waals surface area (Å²) < 4.78 is 5.25. The number of nitrogens with zero attached hydrogens (tertiary/aromatic N) is 2. The van der Waals surface area contributed by atoms with Crippen LogP contribution in [-0.4, -0.2) is 31.9 Å². The number of carbonyl (C=O) groups is 1. The summed E-state index contributed by atoms with van der Waals surface area (Å²) in [6.07, 6.45) is 2.67. The molecule has 1 atom stereocenters. The minimum atomic E-state index is -0.176. The van der Waals surface area contributed by atoms with Gasteiger partial charge in [-0.25, -0.2) is 0 Å². The number of hydrogen-bond acceptors (Lipinski definition) is 5. The molecule has 1 N–H and O–H groups in total. The minimum Gasteiger partial charge on any atom is -0.497 e. The van der Waals surface area contributed by atoms with Crippen molar-refractivity contribution in [1.29, 1.82) is 0 Å². The molecule has 1 fully saturated rings. The van der Waals surface area contributed by atoms with Crippen LogP contribution in [0.1, 0.15) is 30.5 Å². The van der Waals surface area contributed by atoms with Gasteiger partial charge in [0, 0.05) is 17.8 Å². The van der Waals surface area contributed by atoms with Gasteiger partial charge in [0.05, 0.1) is 18.9 Å². The number of rotatable bonds is 11. The molecule has 4 rings (SSSR count). The molecule has 1 unspecified atom stereocenters. The van der Waals surface area contributed by atoms with Crippen molar-refractivity contribution in [3.05, 3.63) is 108 Å². The Morgan fingerprint density at radius 1 is 1.00 bits per heavy atom. The van der Waals surface area contributed by atoms with Gasteiger partial charge >= 0.3 is 0 Å². The van der Waals surface area contributed by atoms with E-state index in [1.165, 1.54) is 5.56 Å². The maximum atomic E-state index is 13.1. The number of benzene rings is 3. The molecule has 180 valence electrons. The molecule has 35 heavy (non-hydrogen) atoms. The van der Waals surface area contributed by atoms with Crippen molar-refractivity contribution >= 4 is 17.3 Å². The summed E-state index contributed by atoms with van der Waals surface area (Å²) in [4.78, 5) is 20.4. The quantitative estimate of drug-likeness (QED) is 0.136. The first-order valence-electron chi connectivity index (χ1n) is 11.8. The minimum absolute atomic E-state index is 0.0383. The SMILES string of the molecule is COc1ccc(N2C(=O)/C(=C/C(C)=NOCCCNCc3ccccc3)C2c2ccccc2)cc1. The third-order valence-electron chi connectivity index (χ3n) is 5.82. The normalized spacial score (nSPS) is 16.8. The maximum Gasteiger partial charge on any atom is 0.257 e. The molecule has 6 heteroatoms. The topological polar surface area (TPSA) is 63.2 Å². The fourth-order valence-electron chi connectivity index (χ4n) is 4.05. The first-order valence-corrected chi connectivity index (χ1v) is 11.8. The largest absolute Gasteiger partial charge is 0.497 e. The summed E-state index contributed by atoms with van der Waals surface area (Å²) in [6.45, 7) is 4.04. The van der Waals surface area contributed by atoms with Gasteiger partial charge in [0.2, 0.25) is 0 Å². The van der Waals surface area contributed by atoms with Crippen LogP contribution >= 0.6 is 0 Å². The smallest absolute Gasteiger partial charge is 0.257 e. The molecule has 0 radical (unpaired) electrons. The van der Waals surface area contributed by atoms with Crippen molar-refractivity contribution < 1.29 is 14.4 Å². The van der Waals surface area contributed by atoms with Gasteiger partial charge in [-0.05, 0) is 61.4 Å². The Labute approximate surface area is 206 Å². The van der Waals surface area contributed by atoms with Crippen LogP contribution in [0.15, 0.2) is 102 Å². The van der Waals surface area contributed by atoms with Crippen molar-refractivity contribution in [2.75, 3.05) is 25.2 Å². The number of ether oxygens (including phenoxy) is 1. The molecule has 0 aromatic heterocycles. The van der Waals surface area contributed by atoms with Gasteiger partial charge in [-0.1, -0.05) is 65.8 Å². The second-order valence-corrected chi connectivity index (χ2v) is 8.37. The van der Waals surface area contributed by atoms with Gasteiger partial charge in [-0.3, -0.25) is 9.69 Å². The lowest BCUT2D eigenvalue weighted by Gasteiger charge is -2.43. The zero-order chi connectivity index (χ0) is 24.5. The Morgan fingerprint density at radius 3 is 2.37 bits per heavy atom. The number of oxime groups is 1. The van der Waals surface area contributed by atoms with Gasteiger partial charge in [0.25, 0.3) is 5.91 Å². The molecule has 0 saturated carbocycles. The number of methoxy groups -OCH3 is 1. The second-order valence-electron chi connectivity index (χ2n) is 8.37. The second kappa shape index (κ2) is 12.0. The van der Waals surface area contributed by atoms with Crippen molar-refractivity contribution in [1.82, 2.24) is 5.32 Å². The number of hydrogen-bond donors (Lipinski definition) is 1. The molecule has 1 saturated heterocycles. The lowest BCUT2D eigenvalue weighted by molar-refractivity contribution is -0.119. The van der Waals surface area contributed by atoms with Crippen LogP contribution in [0.3, 0.4) is 0 Å². The Kier molecular flexibility index (Phi) is 8.30. The van der Waals surface area contributed by atoms with Crippen LogP contribution in [0, 0.1) is 0 Å². The number of allylic oxidation sites excluding steroid dienone is 1. The van der Waals surface area contributed by atoms with Crippen LogP contribution in [0.25, 0.3) is 0 Å². The molecule has 3 aromatic rings. The Balaban J connectivity index is 1.35. The molecule has 1 aliphatic heterocycles. The van der Waals surface area contributed by atoms with Crippen LogP contribution in [0.4, 0.5) is 5.69 Å². The van der Waals surface area contributed by atoms with E-state index in [9.17, 15) is 4.79 Å². The van der Waals surface area contributed by atoms with Gasteiger partial charge in [0.1, 0.15) is 12.4 Å². The summed E-state index contributed by atoms with van der Waals surface area (Å²) in [5, 5.41) is 7.61. The fraction of sp³-hybridized carbons (Fsp3) is 0.241. The molecular weight excluding hydrogens is 438 g/mol. The third-order valence-corrected chi connectivity index (χ3v) is 5.82. The average Bonchev–Trinajstić information content (AvgIpc) is 2.91. The third kappa shape index (κ3) is 6.16. The Morgan fingerprint density at radius 2 is 1.69 bits per heavy atom. The number of amides is 1. The molecule has 6 nitrogen and oxygen atoms in total. The molecule has 1 aliphatic rings. The van der Waals surface area contributed by atoms with E-state index in [0.29, 0.717) is 17.9 Å². The number of nitrogens with one attached hydrogen (secondary N) is 1. The van der Waals surface area contributed by atoms with E-state index in [-0.39, 0.29) is 11.9 Å². The van der Waals surface area contributed by atoms with E-state index in [2.05, 4.69) is 22.6 Å². The van der Waals surface area contributed by atoms with E-state index >= 15 is 0 Å². The van der Waals surface area contributed by atoms with E-state index in [1.54, 1.807) is 12.0 Å². The zero-order valence-corrected chi connectivity index (χ0v) is 20.2. The van der Waals surface area contributed by atoms with Crippen LogP contribution in [0.5, 0.6) is 5.75 Å². The van der Waals surface area contributed by atoms with Crippen LogP contribution < -0.4 is 15.0 Å². The standard InChI is InChI=1S/C29H31N3O3/c1-22(31-35-19-9-18-30-21-23-10-5-3-6-11-23)20-27-28(24-12-7-4-8-13-24)32(29(27)33)25-14-16-26(34-2)17-15-25/h3-8,10-17,20,28,30H,9,18-19,21H2,1-2H3/b27-20+,31-22?. The highest BCUT2D eigenvalue weighted by Crippen LogP contribution is 2.43. The van der Waals surface area contributed by atoms with Gasteiger partial charge in [-0.2, -0.15) is 0 Å². The van der Waals surface area contributed by atoms with Gasteiger partial charge in [0.15, 0.2) is 0 Å². The van der Waals surface area contributed by atoms with Crippen molar-refractivity contribution in [2.45, 2.75) is 25.9 Å². The molecule has 1 amide bonds. The molecule has 0 bridgehead atoms. The van der Waals surface area contributed by atoms with Crippen LogP contribution in [-0.2, 0) is 16.2 Å². The highest BCUT2D eigenvalue weighted by Gasteiger charge is 2.43. The molecule has 1 heterocycles. The molecular formula is C29H31N3O3. The summed E-state index contributed by atoms with van der Waals surface area (Å²) in [7, 11) is 1.63. The molecule has 0 spiro atoms. The monoisotopic (exact) mass is 469 g/mol. The predicted molar refractivity (Wildman–Crippen MR) is 140 cm³/mol. The summed E-state index contributed by atoms with van der Waals surface area (Å²) in [5.74, 6) is 0.716. The number of β-lactam (4-membered cyclic amide) rings is 1. The van der Waals surface area contributed by atoms with Crippen molar-refractivity contribution in [2.24, 2.45) is 5.16 Å². The summed E-state index contributed by atoms with van der Waals surface area (Å²) >= 11 is 0. The number of anilines is 1. The van der Waals surface area contributed by atoms with Crippen LogP contribution in [0.2, 0.25) is 0 Å². The van der Waals surface area contributed by atoms with Gasteiger partial charge in [-0.15, -0.1) is 0 Å². The molecule has 3 aromatic carbocycles. The van der Waals surface area contributed by atoms with E-state index in [1.807, 2.05) is 85.8 Å². The van der Waals surface area contributed by atoms with Crippen molar-refractivity contribution in [3.63, 3.8) is 0 Å². The zero-order valence-electron chi connectivity index (χ0n) is 20.2. The van der Waals surface area contributed by atoms with E-state index < -0.39 is 0 Å². The lowest BCUT2D eigenvalue weighted by Crippen LogP contribution is -2.49. The maximum absolute atomic E-state index is 13.1. The fourth-order valence-corrected chi connectivity index (χ4v) is 4.05. The Hall–Kier alpha value is -3.90. The Bertz CT molecular complexity index is 1160. The highest BCUT2D eigenvalue weighted by atomic mass is 16.6. The summed E-state index contributed by atoms with van der Waals surface area (Å²) in [5.41, 5.74) is 4.50. The first-order chi connectivity index (χ1) is 17.2. The first kappa shape index (κ1) is 24.2. The summed E-state index contributed by atoms with van der Waals surface area (Å²) in [6, 6.07) is 27.7. The predicted octanol–water partition coefficient (Wildman–Crippen LogP) is 5.28. The van der Waals surface area contributed by atoms with Crippen molar-refractivity contribution in [3.8, 4) is 5.75 Å². The lowest BCUT2D eigenvalue weighted by atomic mass is 9.86. The average molecular weight is 470 g/mol. The highest BCUT2D eigenvalue weighted by molar-refractivity contribution is 6.18.